The number of fused-ring (bicyclic) bond motifs is 4. The summed E-state index contributed by atoms with van der Waals surface area (Å²) in [6, 6.07) is 14.6. The van der Waals surface area contributed by atoms with E-state index in [9.17, 15) is 9.59 Å². The molecule has 2 aromatic rings. The Balaban J connectivity index is 1.40. The number of amides is 3. The molecular weight excluding hydrogens is 326 g/mol. The van der Waals surface area contributed by atoms with E-state index < -0.39 is 0 Å². The minimum absolute atomic E-state index is 0.0281. The minimum Gasteiger partial charge on any atom is -0.336 e. The fourth-order valence-electron chi connectivity index (χ4n) is 4.58. The van der Waals surface area contributed by atoms with Crippen molar-refractivity contribution in [1.29, 1.82) is 0 Å². The summed E-state index contributed by atoms with van der Waals surface area (Å²) in [5, 5.41) is 2.99. The maximum Gasteiger partial charge on any atom is 0.317 e. The first-order chi connectivity index (χ1) is 12.6. The number of piperidine rings is 1. The highest BCUT2D eigenvalue weighted by molar-refractivity contribution is 5.96. The van der Waals surface area contributed by atoms with E-state index in [1.807, 2.05) is 30.1 Å². The Morgan fingerprint density at radius 2 is 1.92 bits per heavy atom. The van der Waals surface area contributed by atoms with Gasteiger partial charge in [0.1, 0.15) is 0 Å². The molecule has 3 amide bonds. The monoisotopic (exact) mass is 347 g/mol. The predicted molar refractivity (Wildman–Crippen MR) is 99.1 cm³/mol. The second-order valence-corrected chi connectivity index (χ2v) is 7.48. The maximum absolute atomic E-state index is 13.1. The summed E-state index contributed by atoms with van der Waals surface area (Å²) in [6.07, 6.45) is 1.76. The Morgan fingerprint density at radius 1 is 1.12 bits per heavy atom. The van der Waals surface area contributed by atoms with Crippen molar-refractivity contribution in [2.24, 2.45) is 0 Å². The standard InChI is InChI=1S/C21H21N3O2/c1-23-19-8-9-24(12-18(19)22-21(23)26)20(25)15-7-6-14-10-13-4-2-3-5-16(13)17(14)11-15/h2-7,11,18-19H,8-10,12H2,1H3,(H,22,26)/t18-,19+/m0/s1. The van der Waals surface area contributed by atoms with Gasteiger partial charge in [0, 0.05) is 25.7 Å². The molecule has 2 saturated heterocycles. The summed E-state index contributed by atoms with van der Waals surface area (Å²) < 4.78 is 0. The van der Waals surface area contributed by atoms with Gasteiger partial charge in [0.25, 0.3) is 5.91 Å². The van der Waals surface area contributed by atoms with Crippen LogP contribution < -0.4 is 5.32 Å². The van der Waals surface area contributed by atoms with Crippen LogP contribution in [0.3, 0.4) is 0 Å². The molecule has 0 bridgehead atoms. The fraction of sp³-hybridized carbons (Fsp3) is 0.333. The van der Waals surface area contributed by atoms with Crippen molar-refractivity contribution in [1.82, 2.24) is 15.1 Å². The first kappa shape index (κ1) is 15.4. The molecule has 3 aliphatic rings. The summed E-state index contributed by atoms with van der Waals surface area (Å²) in [4.78, 5) is 28.5. The molecule has 2 atom stereocenters. The summed E-state index contributed by atoms with van der Waals surface area (Å²) >= 11 is 0. The summed E-state index contributed by atoms with van der Waals surface area (Å²) in [5.41, 5.74) is 5.75. The number of nitrogens with one attached hydrogen (secondary N) is 1. The van der Waals surface area contributed by atoms with E-state index in [2.05, 4.69) is 29.6 Å². The smallest absolute Gasteiger partial charge is 0.317 e. The summed E-state index contributed by atoms with van der Waals surface area (Å²) in [5.74, 6) is 0.0550. The van der Waals surface area contributed by atoms with E-state index in [4.69, 9.17) is 0 Å². The number of urea groups is 1. The van der Waals surface area contributed by atoms with Crippen molar-refractivity contribution in [3.63, 3.8) is 0 Å². The lowest BCUT2D eigenvalue weighted by Crippen LogP contribution is -2.52. The third-order valence-corrected chi connectivity index (χ3v) is 6.04. The van der Waals surface area contributed by atoms with Gasteiger partial charge in [-0.3, -0.25) is 4.79 Å². The predicted octanol–water partition coefficient (Wildman–Crippen LogP) is 2.50. The molecule has 5 rings (SSSR count). The Kier molecular flexibility index (Phi) is 3.32. The van der Waals surface area contributed by atoms with Crippen LogP contribution in [0.4, 0.5) is 4.79 Å². The first-order valence-electron chi connectivity index (χ1n) is 9.15. The lowest BCUT2D eigenvalue weighted by Gasteiger charge is -2.35. The second kappa shape index (κ2) is 5.59. The zero-order chi connectivity index (χ0) is 17.8. The van der Waals surface area contributed by atoms with Gasteiger partial charge in [0.15, 0.2) is 0 Å². The van der Waals surface area contributed by atoms with Gasteiger partial charge in [-0.1, -0.05) is 30.3 Å². The Labute approximate surface area is 152 Å². The summed E-state index contributed by atoms with van der Waals surface area (Å²) in [7, 11) is 1.83. The first-order valence-corrected chi connectivity index (χ1v) is 9.15. The number of benzene rings is 2. The molecule has 0 unspecified atom stereocenters. The van der Waals surface area contributed by atoms with Crippen LogP contribution in [-0.4, -0.2) is 54.0 Å². The SMILES string of the molecule is CN1C(=O)N[C@H]2CN(C(=O)c3ccc4c(c3)-c3ccccc3C4)CC[C@H]21. The lowest BCUT2D eigenvalue weighted by atomic mass is 9.98. The maximum atomic E-state index is 13.1. The summed E-state index contributed by atoms with van der Waals surface area (Å²) in [6.45, 7) is 1.26. The molecule has 5 nitrogen and oxygen atoms in total. The minimum atomic E-state index is -0.0385. The number of carbonyl (C=O) groups is 2. The molecule has 1 aliphatic carbocycles. The van der Waals surface area contributed by atoms with E-state index in [-0.39, 0.29) is 24.0 Å². The van der Waals surface area contributed by atoms with Crippen LogP contribution in [0.25, 0.3) is 11.1 Å². The van der Waals surface area contributed by atoms with Crippen molar-refractivity contribution < 1.29 is 9.59 Å². The van der Waals surface area contributed by atoms with Gasteiger partial charge in [0.2, 0.25) is 0 Å². The van der Waals surface area contributed by atoms with Crippen LogP contribution in [0, 0.1) is 0 Å². The quantitative estimate of drug-likeness (QED) is 0.735. The van der Waals surface area contributed by atoms with Gasteiger partial charge in [-0.05, 0) is 47.2 Å². The topological polar surface area (TPSA) is 52.7 Å². The molecule has 2 heterocycles. The molecule has 2 aromatic carbocycles. The number of hydrogen-bond acceptors (Lipinski definition) is 2. The van der Waals surface area contributed by atoms with Crippen molar-refractivity contribution in [3.8, 4) is 11.1 Å². The zero-order valence-electron chi connectivity index (χ0n) is 14.7. The molecule has 2 fully saturated rings. The average molecular weight is 347 g/mol. The van der Waals surface area contributed by atoms with E-state index in [1.54, 1.807) is 4.90 Å². The van der Waals surface area contributed by atoms with Gasteiger partial charge in [-0.2, -0.15) is 0 Å². The van der Waals surface area contributed by atoms with Gasteiger partial charge in [-0.15, -0.1) is 0 Å². The van der Waals surface area contributed by atoms with E-state index >= 15 is 0 Å². The highest BCUT2D eigenvalue weighted by atomic mass is 16.2. The van der Waals surface area contributed by atoms with Crippen LogP contribution in [0.1, 0.15) is 27.9 Å². The highest BCUT2D eigenvalue weighted by Gasteiger charge is 2.41. The van der Waals surface area contributed by atoms with Crippen LogP contribution in [-0.2, 0) is 6.42 Å². The fourth-order valence-corrected chi connectivity index (χ4v) is 4.58. The van der Waals surface area contributed by atoms with Gasteiger partial charge < -0.3 is 15.1 Å². The van der Waals surface area contributed by atoms with Crippen molar-refractivity contribution in [2.45, 2.75) is 24.9 Å². The number of likely N-dealkylation sites (tertiary alicyclic amines) is 1. The van der Waals surface area contributed by atoms with Crippen LogP contribution in [0.15, 0.2) is 42.5 Å². The Morgan fingerprint density at radius 3 is 2.81 bits per heavy atom. The molecule has 2 aliphatic heterocycles. The van der Waals surface area contributed by atoms with E-state index in [0.29, 0.717) is 13.1 Å². The number of nitrogens with zero attached hydrogens (tertiary/aromatic N) is 2. The van der Waals surface area contributed by atoms with Gasteiger partial charge >= 0.3 is 6.03 Å². The molecule has 132 valence electrons. The van der Waals surface area contributed by atoms with Crippen LogP contribution in [0.5, 0.6) is 0 Å². The molecule has 0 radical (unpaired) electrons. The van der Waals surface area contributed by atoms with Crippen molar-refractivity contribution >= 4 is 11.9 Å². The number of rotatable bonds is 1. The zero-order valence-corrected chi connectivity index (χ0v) is 14.7. The molecule has 5 heteroatoms. The van der Waals surface area contributed by atoms with Crippen LogP contribution in [0.2, 0.25) is 0 Å². The number of carbonyl (C=O) groups excluding carboxylic acids is 2. The molecule has 26 heavy (non-hydrogen) atoms. The Bertz CT molecular complexity index is 923. The molecule has 0 spiro atoms. The van der Waals surface area contributed by atoms with E-state index in [0.717, 1.165) is 18.4 Å². The third-order valence-electron chi connectivity index (χ3n) is 6.04. The van der Waals surface area contributed by atoms with Gasteiger partial charge in [-0.25, -0.2) is 4.79 Å². The van der Waals surface area contributed by atoms with Crippen LogP contribution >= 0.6 is 0 Å². The molecule has 0 saturated carbocycles. The highest BCUT2D eigenvalue weighted by Crippen LogP contribution is 2.37. The Hall–Kier alpha value is -2.82. The van der Waals surface area contributed by atoms with Crippen molar-refractivity contribution in [3.05, 3.63) is 59.2 Å². The average Bonchev–Trinajstić information content (AvgIpc) is 3.17. The largest absolute Gasteiger partial charge is 0.336 e. The van der Waals surface area contributed by atoms with Gasteiger partial charge in [0.05, 0.1) is 12.1 Å². The van der Waals surface area contributed by atoms with E-state index in [1.165, 1.54) is 22.3 Å². The van der Waals surface area contributed by atoms with Crippen molar-refractivity contribution in [2.75, 3.05) is 20.1 Å². The molecule has 1 N–H and O–H groups in total. The lowest BCUT2D eigenvalue weighted by molar-refractivity contribution is 0.0666. The third kappa shape index (κ3) is 2.23. The number of hydrogen-bond donors (Lipinski definition) is 1. The molecule has 0 aromatic heterocycles. The second-order valence-electron chi connectivity index (χ2n) is 7.48. The normalized spacial score (nSPS) is 23.3. The molecular formula is C21H21N3O2. The number of likely N-dealkylation sites (N-methyl/N-ethyl adjacent to an activating group) is 1.